The average Bonchev–Trinajstić information content (AvgIpc) is 2.39. The first kappa shape index (κ1) is 9.90. The molecular weight excluding hydrogens is 215 g/mol. The Morgan fingerprint density at radius 3 is 2.65 bits per heavy atom. The fourth-order valence-corrected chi connectivity index (χ4v) is 1.75. The first-order valence-electron chi connectivity index (χ1n) is 5.31. The Morgan fingerprint density at radius 1 is 0.882 bits per heavy atom. The van der Waals surface area contributed by atoms with Crippen LogP contribution in [0.1, 0.15) is 0 Å². The molecule has 2 aromatic heterocycles. The molecule has 0 spiro atoms. The number of pyridine rings is 2. The standard InChI is InChI=1S/C14H9FN2/c15-11-5-7-12-10(9-11)4-6-14(17-12)13-3-1-2-8-16-13/h1-9H. The Labute approximate surface area is 97.8 Å². The molecule has 17 heavy (non-hydrogen) atoms. The quantitative estimate of drug-likeness (QED) is 0.632. The molecule has 1 aromatic carbocycles. The van der Waals surface area contributed by atoms with Crippen molar-refractivity contribution in [3.63, 3.8) is 0 Å². The third-order valence-electron chi connectivity index (χ3n) is 2.58. The smallest absolute Gasteiger partial charge is 0.123 e. The predicted octanol–water partition coefficient (Wildman–Crippen LogP) is 3.44. The topological polar surface area (TPSA) is 25.8 Å². The molecule has 0 amide bonds. The molecular formula is C14H9FN2. The first-order chi connectivity index (χ1) is 8.33. The first-order valence-corrected chi connectivity index (χ1v) is 5.31. The van der Waals surface area contributed by atoms with Crippen molar-refractivity contribution in [2.45, 2.75) is 0 Å². The third kappa shape index (κ3) is 1.87. The van der Waals surface area contributed by atoms with Gasteiger partial charge in [0.05, 0.1) is 16.9 Å². The molecule has 3 heteroatoms. The highest BCUT2D eigenvalue weighted by Gasteiger charge is 2.02. The highest BCUT2D eigenvalue weighted by Crippen LogP contribution is 2.19. The molecule has 0 aliphatic heterocycles. The number of fused-ring (bicyclic) bond motifs is 1. The van der Waals surface area contributed by atoms with Crippen LogP contribution in [0.3, 0.4) is 0 Å². The van der Waals surface area contributed by atoms with E-state index < -0.39 is 0 Å². The summed E-state index contributed by atoms with van der Waals surface area (Å²) in [5.41, 5.74) is 2.39. The normalized spacial score (nSPS) is 10.6. The van der Waals surface area contributed by atoms with Gasteiger partial charge in [0.2, 0.25) is 0 Å². The number of nitrogens with zero attached hydrogens (tertiary/aromatic N) is 2. The van der Waals surface area contributed by atoms with E-state index in [1.807, 2.05) is 30.3 Å². The highest BCUT2D eigenvalue weighted by atomic mass is 19.1. The Morgan fingerprint density at radius 2 is 1.82 bits per heavy atom. The van der Waals surface area contributed by atoms with Crippen LogP contribution in [0.2, 0.25) is 0 Å². The molecule has 0 aliphatic rings. The van der Waals surface area contributed by atoms with Gasteiger partial charge in [-0.2, -0.15) is 0 Å². The van der Waals surface area contributed by atoms with E-state index in [-0.39, 0.29) is 5.82 Å². The van der Waals surface area contributed by atoms with E-state index >= 15 is 0 Å². The molecule has 0 saturated carbocycles. The van der Waals surface area contributed by atoms with Crippen molar-refractivity contribution in [2.24, 2.45) is 0 Å². The Hall–Kier alpha value is -2.29. The number of rotatable bonds is 1. The lowest BCUT2D eigenvalue weighted by atomic mass is 10.1. The molecule has 3 rings (SSSR count). The van der Waals surface area contributed by atoms with Crippen molar-refractivity contribution in [3.8, 4) is 11.4 Å². The number of aromatic nitrogens is 2. The molecule has 0 N–H and O–H groups in total. The zero-order valence-corrected chi connectivity index (χ0v) is 8.97. The summed E-state index contributed by atoms with van der Waals surface area (Å²) in [7, 11) is 0. The minimum Gasteiger partial charge on any atom is -0.255 e. The minimum absolute atomic E-state index is 0.245. The maximum Gasteiger partial charge on any atom is 0.123 e. The lowest BCUT2D eigenvalue weighted by Crippen LogP contribution is -1.88. The van der Waals surface area contributed by atoms with Gasteiger partial charge in [-0.1, -0.05) is 12.1 Å². The van der Waals surface area contributed by atoms with Crippen LogP contribution in [0, 0.1) is 5.82 Å². The van der Waals surface area contributed by atoms with E-state index in [9.17, 15) is 4.39 Å². The molecule has 0 atom stereocenters. The zero-order chi connectivity index (χ0) is 11.7. The fourth-order valence-electron chi connectivity index (χ4n) is 1.75. The predicted molar refractivity (Wildman–Crippen MR) is 64.9 cm³/mol. The maximum absolute atomic E-state index is 13.0. The SMILES string of the molecule is Fc1ccc2nc(-c3ccccn3)ccc2c1. The number of halogens is 1. The monoisotopic (exact) mass is 224 g/mol. The summed E-state index contributed by atoms with van der Waals surface area (Å²) in [5, 5.41) is 0.796. The largest absolute Gasteiger partial charge is 0.255 e. The van der Waals surface area contributed by atoms with Gasteiger partial charge >= 0.3 is 0 Å². The molecule has 0 aliphatic carbocycles. The summed E-state index contributed by atoms with van der Waals surface area (Å²) in [6.45, 7) is 0. The van der Waals surface area contributed by atoms with Crippen LogP contribution in [0.5, 0.6) is 0 Å². The Kier molecular flexibility index (Phi) is 2.29. The van der Waals surface area contributed by atoms with Gasteiger partial charge < -0.3 is 0 Å². The van der Waals surface area contributed by atoms with Gasteiger partial charge in [0.1, 0.15) is 5.82 Å². The zero-order valence-electron chi connectivity index (χ0n) is 8.97. The van der Waals surface area contributed by atoms with Crippen LogP contribution in [0.15, 0.2) is 54.7 Å². The van der Waals surface area contributed by atoms with Gasteiger partial charge in [0.25, 0.3) is 0 Å². The van der Waals surface area contributed by atoms with Crippen LogP contribution >= 0.6 is 0 Å². The molecule has 82 valence electrons. The summed E-state index contributed by atoms with van der Waals surface area (Å²) < 4.78 is 13.0. The Balaban J connectivity index is 2.17. The molecule has 0 saturated heterocycles. The highest BCUT2D eigenvalue weighted by molar-refractivity contribution is 5.81. The lowest BCUT2D eigenvalue weighted by molar-refractivity contribution is 0.629. The van der Waals surface area contributed by atoms with Crippen LogP contribution in [-0.4, -0.2) is 9.97 Å². The average molecular weight is 224 g/mol. The summed E-state index contributed by atoms with van der Waals surface area (Å²) in [4.78, 5) is 8.69. The maximum atomic E-state index is 13.0. The van der Waals surface area contributed by atoms with E-state index in [1.54, 1.807) is 12.3 Å². The van der Waals surface area contributed by atoms with Gasteiger partial charge in [-0.15, -0.1) is 0 Å². The van der Waals surface area contributed by atoms with Crippen molar-refractivity contribution in [2.75, 3.05) is 0 Å². The van der Waals surface area contributed by atoms with Gasteiger partial charge in [-0.3, -0.25) is 4.98 Å². The van der Waals surface area contributed by atoms with Crippen LogP contribution in [-0.2, 0) is 0 Å². The summed E-state index contributed by atoms with van der Waals surface area (Å²) in [6.07, 6.45) is 1.73. The van der Waals surface area contributed by atoms with Crippen molar-refractivity contribution < 1.29 is 4.39 Å². The van der Waals surface area contributed by atoms with Gasteiger partial charge in [0.15, 0.2) is 0 Å². The van der Waals surface area contributed by atoms with Gasteiger partial charge in [-0.25, -0.2) is 9.37 Å². The minimum atomic E-state index is -0.245. The number of benzene rings is 1. The van der Waals surface area contributed by atoms with Gasteiger partial charge in [-0.05, 0) is 36.4 Å². The molecule has 0 bridgehead atoms. The van der Waals surface area contributed by atoms with E-state index in [4.69, 9.17) is 0 Å². The second-order valence-electron chi connectivity index (χ2n) is 3.75. The molecule has 0 unspecified atom stereocenters. The van der Waals surface area contributed by atoms with Crippen molar-refractivity contribution in [1.82, 2.24) is 9.97 Å². The van der Waals surface area contributed by atoms with E-state index in [2.05, 4.69) is 9.97 Å². The summed E-state index contributed by atoms with van der Waals surface area (Å²) in [6, 6.07) is 14.0. The van der Waals surface area contributed by atoms with Crippen LogP contribution in [0.25, 0.3) is 22.3 Å². The molecule has 2 nitrogen and oxygen atoms in total. The van der Waals surface area contributed by atoms with Crippen LogP contribution in [0.4, 0.5) is 4.39 Å². The lowest BCUT2D eigenvalue weighted by Gasteiger charge is -2.02. The van der Waals surface area contributed by atoms with E-state index in [0.717, 1.165) is 22.3 Å². The molecule has 2 heterocycles. The van der Waals surface area contributed by atoms with Crippen molar-refractivity contribution >= 4 is 10.9 Å². The Bertz CT molecular complexity index is 665. The van der Waals surface area contributed by atoms with E-state index in [0.29, 0.717) is 0 Å². The van der Waals surface area contributed by atoms with Crippen molar-refractivity contribution in [1.29, 1.82) is 0 Å². The number of hydrogen-bond donors (Lipinski definition) is 0. The van der Waals surface area contributed by atoms with Crippen LogP contribution < -0.4 is 0 Å². The second-order valence-corrected chi connectivity index (χ2v) is 3.75. The third-order valence-corrected chi connectivity index (χ3v) is 2.58. The fraction of sp³-hybridized carbons (Fsp3) is 0. The second kappa shape index (κ2) is 3.94. The van der Waals surface area contributed by atoms with E-state index in [1.165, 1.54) is 12.1 Å². The van der Waals surface area contributed by atoms with Crippen molar-refractivity contribution in [3.05, 3.63) is 60.5 Å². The van der Waals surface area contributed by atoms with Gasteiger partial charge in [0, 0.05) is 11.6 Å². The number of hydrogen-bond acceptors (Lipinski definition) is 2. The molecule has 3 aromatic rings. The molecule has 0 radical (unpaired) electrons. The molecule has 0 fully saturated rings. The summed E-state index contributed by atoms with van der Waals surface area (Å²) in [5.74, 6) is -0.245. The summed E-state index contributed by atoms with van der Waals surface area (Å²) >= 11 is 0.